The van der Waals surface area contributed by atoms with Crippen LogP contribution in [0.5, 0.6) is 0 Å². The lowest BCUT2D eigenvalue weighted by molar-refractivity contribution is 0.483. The number of aliphatic imine (C=N–C) groups is 1. The average Bonchev–Trinajstić information content (AvgIpc) is 3.19. The summed E-state index contributed by atoms with van der Waals surface area (Å²) in [6.07, 6.45) is 2.87. The van der Waals surface area contributed by atoms with Crippen LogP contribution in [0.4, 0.5) is 0 Å². The van der Waals surface area contributed by atoms with Crippen molar-refractivity contribution in [3.8, 4) is 0 Å². The number of likely N-dealkylation sites (tertiary alicyclic amines) is 1. The maximum Gasteiger partial charge on any atom is 0.194 e. The van der Waals surface area contributed by atoms with Gasteiger partial charge in [-0.25, -0.2) is 0 Å². The third-order valence-corrected chi connectivity index (χ3v) is 4.18. The van der Waals surface area contributed by atoms with Crippen molar-refractivity contribution in [2.45, 2.75) is 18.9 Å². The van der Waals surface area contributed by atoms with E-state index in [-0.39, 0.29) is 0 Å². The van der Waals surface area contributed by atoms with E-state index in [1.54, 1.807) is 6.33 Å². The molecule has 1 atom stereocenters. The average molecular weight is 298 g/mol. The van der Waals surface area contributed by atoms with Crippen molar-refractivity contribution in [1.82, 2.24) is 25.0 Å². The van der Waals surface area contributed by atoms with Crippen LogP contribution in [-0.4, -0.2) is 45.8 Å². The number of rotatable bonds is 3. The Morgan fingerprint density at radius 1 is 1.36 bits per heavy atom. The monoisotopic (exact) mass is 298 g/mol. The first kappa shape index (κ1) is 14.6. The van der Waals surface area contributed by atoms with E-state index >= 15 is 0 Å². The summed E-state index contributed by atoms with van der Waals surface area (Å²) in [4.78, 5) is 6.71. The van der Waals surface area contributed by atoms with Gasteiger partial charge in [0.25, 0.3) is 0 Å². The van der Waals surface area contributed by atoms with Gasteiger partial charge in [-0.05, 0) is 12.0 Å². The van der Waals surface area contributed by atoms with Crippen LogP contribution in [0.15, 0.2) is 41.7 Å². The lowest BCUT2D eigenvalue weighted by Crippen LogP contribution is -2.40. The molecule has 0 amide bonds. The molecule has 2 heterocycles. The molecule has 1 N–H and O–H groups in total. The lowest BCUT2D eigenvalue weighted by atomic mass is 9.99. The molecule has 6 nitrogen and oxygen atoms in total. The predicted molar refractivity (Wildman–Crippen MR) is 86.6 cm³/mol. The second-order valence-corrected chi connectivity index (χ2v) is 5.60. The van der Waals surface area contributed by atoms with E-state index in [0.717, 1.165) is 31.3 Å². The molecule has 22 heavy (non-hydrogen) atoms. The van der Waals surface area contributed by atoms with Crippen LogP contribution < -0.4 is 5.32 Å². The van der Waals surface area contributed by atoms with Crippen LogP contribution in [-0.2, 0) is 13.6 Å². The minimum Gasteiger partial charge on any atom is -0.349 e. The Morgan fingerprint density at radius 2 is 2.18 bits per heavy atom. The molecule has 1 unspecified atom stereocenters. The number of nitrogens with zero attached hydrogens (tertiary/aromatic N) is 5. The summed E-state index contributed by atoms with van der Waals surface area (Å²) in [5, 5.41) is 11.4. The quantitative estimate of drug-likeness (QED) is 0.687. The summed E-state index contributed by atoms with van der Waals surface area (Å²) in [5.41, 5.74) is 1.41. The maximum absolute atomic E-state index is 4.40. The molecule has 1 aromatic carbocycles. The summed E-state index contributed by atoms with van der Waals surface area (Å²) in [5.74, 6) is 2.41. The first-order valence-electron chi connectivity index (χ1n) is 7.61. The molecule has 6 heteroatoms. The van der Waals surface area contributed by atoms with Gasteiger partial charge in [0.05, 0.1) is 6.54 Å². The fraction of sp³-hybridized carbons (Fsp3) is 0.438. The fourth-order valence-corrected chi connectivity index (χ4v) is 2.91. The van der Waals surface area contributed by atoms with Crippen LogP contribution in [0, 0.1) is 0 Å². The largest absolute Gasteiger partial charge is 0.349 e. The minimum absolute atomic E-state index is 0.578. The van der Waals surface area contributed by atoms with E-state index < -0.39 is 0 Å². The molecule has 0 radical (unpaired) electrons. The SMILES string of the molecule is CN=C(NCc1nncn1C)N1CCC(c2ccccc2)C1. The van der Waals surface area contributed by atoms with Gasteiger partial charge in [-0.2, -0.15) is 0 Å². The van der Waals surface area contributed by atoms with Gasteiger partial charge < -0.3 is 14.8 Å². The number of benzene rings is 1. The highest BCUT2D eigenvalue weighted by molar-refractivity contribution is 5.80. The van der Waals surface area contributed by atoms with Crippen LogP contribution in [0.3, 0.4) is 0 Å². The Balaban J connectivity index is 1.60. The molecule has 1 aliphatic heterocycles. The lowest BCUT2D eigenvalue weighted by Gasteiger charge is -2.21. The second-order valence-electron chi connectivity index (χ2n) is 5.60. The summed E-state index contributed by atoms with van der Waals surface area (Å²) in [7, 11) is 3.77. The second kappa shape index (κ2) is 6.60. The van der Waals surface area contributed by atoms with Gasteiger partial charge in [-0.3, -0.25) is 4.99 Å². The molecule has 0 saturated carbocycles. The number of guanidine groups is 1. The molecule has 0 aliphatic carbocycles. The highest BCUT2D eigenvalue weighted by Crippen LogP contribution is 2.26. The van der Waals surface area contributed by atoms with Crippen LogP contribution in [0.25, 0.3) is 0 Å². The first-order valence-corrected chi connectivity index (χ1v) is 7.61. The van der Waals surface area contributed by atoms with Crippen LogP contribution >= 0.6 is 0 Å². The van der Waals surface area contributed by atoms with E-state index in [0.29, 0.717) is 12.5 Å². The zero-order chi connectivity index (χ0) is 15.4. The summed E-state index contributed by atoms with van der Waals surface area (Å²) >= 11 is 0. The molecular formula is C16H22N6. The number of hydrogen-bond donors (Lipinski definition) is 1. The van der Waals surface area contributed by atoms with Crippen molar-refractivity contribution in [2.75, 3.05) is 20.1 Å². The fourth-order valence-electron chi connectivity index (χ4n) is 2.91. The van der Waals surface area contributed by atoms with Gasteiger partial charge in [0.15, 0.2) is 11.8 Å². The normalized spacial score (nSPS) is 18.7. The van der Waals surface area contributed by atoms with Crippen LogP contribution in [0.2, 0.25) is 0 Å². The number of aromatic nitrogens is 3. The van der Waals surface area contributed by atoms with E-state index in [2.05, 4.69) is 55.7 Å². The van der Waals surface area contributed by atoms with Crippen molar-refractivity contribution in [2.24, 2.45) is 12.0 Å². The Morgan fingerprint density at radius 3 is 2.86 bits per heavy atom. The molecule has 1 saturated heterocycles. The molecule has 2 aromatic rings. The summed E-state index contributed by atoms with van der Waals surface area (Å²) in [6, 6.07) is 10.7. The number of hydrogen-bond acceptors (Lipinski definition) is 3. The van der Waals surface area contributed by atoms with Crippen molar-refractivity contribution in [1.29, 1.82) is 0 Å². The third-order valence-electron chi connectivity index (χ3n) is 4.18. The van der Waals surface area contributed by atoms with Crippen molar-refractivity contribution in [3.05, 3.63) is 48.0 Å². The highest BCUT2D eigenvalue weighted by atomic mass is 15.3. The minimum atomic E-state index is 0.578. The highest BCUT2D eigenvalue weighted by Gasteiger charge is 2.25. The van der Waals surface area contributed by atoms with E-state index in [9.17, 15) is 0 Å². The van der Waals surface area contributed by atoms with Gasteiger partial charge >= 0.3 is 0 Å². The molecule has 1 aliphatic rings. The van der Waals surface area contributed by atoms with Crippen molar-refractivity contribution < 1.29 is 0 Å². The van der Waals surface area contributed by atoms with Gasteiger partial charge in [0.1, 0.15) is 6.33 Å². The van der Waals surface area contributed by atoms with Crippen molar-refractivity contribution in [3.63, 3.8) is 0 Å². The number of nitrogens with one attached hydrogen (secondary N) is 1. The topological polar surface area (TPSA) is 58.3 Å². The molecule has 3 rings (SSSR count). The summed E-state index contributed by atoms with van der Waals surface area (Å²) < 4.78 is 1.91. The third kappa shape index (κ3) is 3.10. The molecule has 116 valence electrons. The van der Waals surface area contributed by atoms with E-state index in [1.165, 1.54) is 5.56 Å². The van der Waals surface area contributed by atoms with Gasteiger partial charge in [0.2, 0.25) is 0 Å². The Labute approximate surface area is 130 Å². The molecular weight excluding hydrogens is 276 g/mol. The van der Waals surface area contributed by atoms with Crippen LogP contribution in [0.1, 0.15) is 23.7 Å². The van der Waals surface area contributed by atoms with Crippen molar-refractivity contribution >= 4 is 5.96 Å². The Hall–Kier alpha value is -2.37. The standard InChI is InChI=1S/C16H22N6/c1-17-16(18-10-15-20-19-12-21(15)2)22-9-8-14(11-22)13-6-4-3-5-7-13/h3-7,12,14H,8-11H2,1-2H3,(H,17,18). The summed E-state index contributed by atoms with van der Waals surface area (Å²) in [6.45, 7) is 2.66. The van der Waals surface area contributed by atoms with E-state index in [4.69, 9.17) is 0 Å². The Bertz CT molecular complexity index is 633. The first-order chi connectivity index (χ1) is 10.8. The number of aryl methyl sites for hydroxylation is 1. The van der Waals surface area contributed by atoms with Gasteiger partial charge in [-0.1, -0.05) is 30.3 Å². The maximum atomic E-state index is 4.40. The molecule has 1 aromatic heterocycles. The molecule has 1 fully saturated rings. The predicted octanol–water partition coefficient (Wildman–Crippen LogP) is 1.38. The zero-order valence-electron chi connectivity index (χ0n) is 13.1. The van der Waals surface area contributed by atoms with Gasteiger partial charge in [-0.15, -0.1) is 10.2 Å². The van der Waals surface area contributed by atoms with Gasteiger partial charge in [0, 0.05) is 33.1 Å². The smallest absolute Gasteiger partial charge is 0.194 e. The molecule has 0 bridgehead atoms. The van der Waals surface area contributed by atoms with E-state index in [1.807, 2.05) is 18.7 Å². The zero-order valence-corrected chi connectivity index (χ0v) is 13.1. The molecule has 0 spiro atoms. The Kier molecular flexibility index (Phi) is 4.37.